The molecule has 2 N–H and O–H groups in total. The van der Waals surface area contributed by atoms with Gasteiger partial charge in [-0.05, 0) is 19.3 Å². The van der Waals surface area contributed by atoms with Gasteiger partial charge in [-0.25, -0.2) is 15.0 Å². The van der Waals surface area contributed by atoms with Gasteiger partial charge in [-0.2, -0.15) is 0 Å². The monoisotopic (exact) mass is 374 g/mol. The average molecular weight is 375 g/mol. The van der Waals surface area contributed by atoms with E-state index in [0.29, 0.717) is 23.3 Å². The molecular weight excluding hydrogens is 348 g/mol. The maximum atomic E-state index is 12.8. The molecule has 1 saturated heterocycles. The number of hydrogen-bond acceptors (Lipinski definition) is 7. The highest BCUT2D eigenvalue weighted by molar-refractivity contribution is 7.99. The molecule has 2 aromatic rings. The van der Waals surface area contributed by atoms with Gasteiger partial charge in [-0.15, -0.1) is 0 Å². The van der Waals surface area contributed by atoms with Crippen molar-refractivity contribution in [2.24, 2.45) is 13.0 Å². The third-order valence-electron chi connectivity index (χ3n) is 4.60. The van der Waals surface area contributed by atoms with Gasteiger partial charge in [0, 0.05) is 50.3 Å². The molecule has 0 unspecified atom stereocenters. The molecule has 0 amide bonds. The largest absolute Gasteiger partial charge is 0.383 e. The first-order valence-corrected chi connectivity index (χ1v) is 10.1. The van der Waals surface area contributed by atoms with Gasteiger partial charge >= 0.3 is 0 Å². The van der Waals surface area contributed by atoms with Crippen LogP contribution in [0.3, 0.4) is 0 Å². The van der Waals surface area contributed by atoms with E-state index in [2.05, 4.69) is 26.8 Å². The summed E-state index contributed by atoms with van der Waals surface area (Å²) in [5, 5.41) is 0.714. The maximum absolute atomic E-state index is 12.8. The number of anilines is 2. The molecule has 1 aliphatic heterocycles. The normalized spacial score (nSPS) is 17.5. The van der Waals surface area contributed by atoms with Crippen LogP contribution in [-0.2, 0) is 7.05 Å². The van der Waals surface area contributed by atoms with Crippen LogP contribution in [0.5, 0.6) is 0 Å². The lowest BCUT2D eigenvalue weighted by Crippen LogP contribution is -2.40. The van der Waals surface area contributed by atoms with Crippen LogP contribution >= 0.6 is 11.8 Å². The van der Waals surface area contributed by atoms with Gasteiger partial charge < -0.3 is 15.2 Å². The van der Waals surface area contributed by atoms with Crippen LogP contribution in [0.2, 0.25) is 0 Å². The Hall–Kier alpha value is -2.09. The van der Waals surface area contributed by atoms with Crippen LogP contribution in [0.4, 0.5) is 11.6 Å². The van der Waals surface area contributed by atoms with Crippen LogP contribution in [0.15, 0.2) is 23.6 Å². The van der Waals surface area contributed by atoms with Crippen molar-refractivity contribution in [3.05, 3.63) is 24.3 Å². The van der Waals surface area contributed by atoms with Gasteiger partial charge in [0.15, 0.2) is 11.0 Å². The van der Waals surface area contributed by atoms with Crippen molar-refractivity contribution in [2.45, 2.75) is 37.8 Å². The molecule has 8 heteroatoms. The van der Waals surface area contributed by atoms with Gasteiger partial charge in [0.25, 0.3) is 0 Å². The van der Waals surface area contributed by atoms with Crippen molar-refractivity contribution < 1.29 is 4.79 Å². The van der Waals surface area contributed by atoms with Crippen molar-refractivity contribution in [2.75, 3.05) is 29.5 Å². The first-order chi connectivity index (χ1) is 12.6. The quantitative estimate of drug-likeness (QED) is 0.345. The minimum atomic E-state index is -0.0720. The number of imidazole rings is 1. The van der Waals surface area contributed by atoms with Crippen LogP contribution < -0.4 is 10.6 Å². The summed E-state index contributed by atoms with van der Waals surface area (Å²) in [5.41, 5.74) is 5.99. The molecule has 1 aliphatic rings. The fourth-order valence-electron chi connectivity index (χ4n) is 3.15. The molecule has 1 fully saturated rings. The number of aryl methyl sites for hydroxylation is 1. The molecule has 0 saturated carbocycles. The van der Waals surface area contributed by atoms with E-state index < -0.39 is 0 Å². The minimum absolute atomic E-state index is 0.0720. The zero-order valence-corrected chi connectivity index (χ0v) is 16.2. The summed E-state index contributed by atoms with van der Waals surface area (Å²) < 4.78 is 1.78. The number of piperidine rings is 1. The first-order valence-electron chi connectivity index (χ1n) is 9.12. The lowest BCUT2D eigenvalue weighted by atomic mass is 9.93. The summed E-state index contributed by atoms with van der Waals surface area (Å²) in [4.78, 5) is 28.1. The molecule has 7 nitrogen and oxygen atoms in total. The molecule has 3 heterocycles. The molecule has 140 valence electrons. The number of carbonyl (C=O) groups is 1. The molecular formula is C18H26N6OS. The first kappa shape index (κ1) is 18.7. The summed E-state index contributed by atoms with van der Waals surface area (Å²) in [6.45, 7) is 3.68. The highest BCUT2D eigenvalue weighted by atomic mass is 32.2. The molecule has 0 aromatic carbocycles. The maximum Gasteiger partial charge on any atom is 0.203 e. The zero-order chi connectivity index (χ0) is 18.5. The van der Waals surface area contributed by atoms with Crippen molar-refractivity contribution in [1.82, 2.24) is 19.5 Å². The number of nitrogens with two attached hydrogens (primary N) is 1. The number of nitrogens with zero attached hydrogens (tertiary/aromatic N) is 5. The number of nitrogen functional groups attached to an aromatic ring is 1. The lowest BCUT2D eigenvalue weighted by Gasteiger charge is -2.32. The van der Waals surface area contributed by atoms with Gasteiger partial charge in [0.05, 0.1) is 0 Å². The number of hydrogen-bond donors (Lipinski definition) is 1. The van der Waals surface area contributed by atoms with Crippen molar-refractivity contribution in [3.8, 4) is 0 Å². The number of thioether (sulfide) groups is 1. The summed E-state index contributed by atoms with van der Waals surface area (Å²) in [7, 11) is 1.85. The Morgan fingerprint density at radius 2 is 2.27 bits per heavy atom. The van der Waals surface area contributed by atoms with Gasteiger partial charge in [0.1, 0.15) is 11.6 Å². The Labute approximate surface area is 158 Å². The molecule has 0 radical (unpaired) electrons. The number of ketones is 1. The molecule has 0 bridgehead atoms. The average Bonchev–Trinajstić information content (AvgIpc) is 3.07. The van der Waals surface area contributed by atoms with E-state index in [0.717, 1.165) is 43.8 Å². The van der Waals surface area contributed by atoms with Crippen molar-refractivity contribution in [3.63, 3.8) is 0 Å². The fourth-order valence-corrected chi connectivity index (χ4v) is 4.09. The Morgan fingerprint density at radius 1 is 1.42 bits per heavy atom. The van der Waals surface area contributed by atoms with E-state index in [1.54, 1.807) is 34.8 Å². The van der Waals surface area contributed by atoms with Crippen LogP contribution in [0, 0.1) is 5.92 Å². The smallest absolute Gasteiger partial charge is 0.203 e. The van der Waals surface area contributed by atoms with E-state index in [1.165, 1.54) is 0 Å². The molecule has 0 spiro atoms. The van der Waals surface area contributed by atoms with E-state index >= 15 is 0 Å². The Bertz CT molecular complexity index is 762. The molecule has 26 heavy (non-hydrogen) atoms. The molecule has 2 aromatic heterocycles. The Morgan fingerprint density at radius 3 is 3.00 bits per heavy atom. The van der Waals surface area contributed by atoms with Gasteiger partial charge in [-0.1, -0.05) is 25.1 Å². The summed E-state index contributed by atoms with van der Waals surface area (Å²) in [6.07, 6.45) is 7.56. The van der Waals surface area contributed by atoms with E-state index in [1.807, 2.05) is 7.05 Å². The number of rotatable bonds is 7. The second-order valence-corrected chi connectivity index (χ2v) is 7.71. The predicted octanol–water partition coefficient (Wildman–Crippen LogP) is 2.78. The third-order valence-corrected chi connectivity index (χ3v) is 5.53. The molecule has 0 aliphatic carbocycles. The second-order valence-electron chi connectivity index (χ2n) is 6.65. The Balaban J connectivity index is 1.73. The third kappa shape index (κ3) is 4.35. The number of Topliss-reactive ketones (excluding diaryl/α,β-unsaturated/α-hetero) is 1. The van der Waals surface area contributed by atoms with Crippen LogP contribution in [-0.4, -0.2) is 44.1 Å². The SMILES string of the molecule is CCCCSc1nc(N)cc(N2CCC[C@@H](C(=O)c3nccn3C)C2)n1. The van der Waals surface area contributed by atoms with Crippen LogP contribution in [0.1, 0.15) is 43.2 Å². The molecule has 3 rings (SSSR count). The van der Waals surface area contributed by atoms with Gasteiger partial charge in [-0.3, -0.25) is 4.79 Å². The van der Waals surface area contributed by atoms with E-state index in [9.17, 15) is 4.79 Å². The number of carbonyl (C=O) groups excluding carboxylic acids is 1. The van der Waals surface area contributed by atoms with Gasteiger partial charge in [0.2, 0.25) is 5.78 Å². The van der Waals surface area contributed by atoms with Crippen LogP contribution in [0.25, 0.3) is 0 Å². The van der Waals surface area contributed by atoms with E-state index in [-0.39, 0.29) is 11.7 Å². The topological polar surface area (TPSA) is 89.9 Å². The van der Waals surface area contributed by atoms with Crippen molar-refractivity contribution >= 4 is 29.2 Å². The minimum Gasteiger partial charge on any atom is -0.383 e. The summed E-state index contributed by atoms with van der Waals surface area (Å²) >= 11 is 1.64. The Kier molecular flexibility index (Phi) is 6.13. The zero-order valence-electron chi connectivity index (χ0n) is 15.4. The number of aromatic nitrogens is 4. The highest BCUT2D eigenvalue weighted by Crippen LogP contribution is 2.27. The summed E-state index contributed by atoms with van der Waals surface area (Å²) in [6, 6.07) is 1.80. The van der Waals surface area contributed by atoms with Crippen molar-refractivity contribution in [1.29, 1.82) is 0 Å². The highest BCUT2D eigenvalue weighted by Gasteiger charge is 2.29. The molecule has 1 atom stereocenters. The predicted molar refractivity (Wildman–Crippen MR) is 105 cm³/mol. The second kappa shape index (κ2) is 8.53. The number of unbranched alkanes of at least 4 members (excludes halogenated alkanes) is 1. The lowest BCUT2D eigenvalue weighted by molar-refractivity contribution is 0.0893. The summed E-state index contributed by atoms with van der Waals surface area (Å²) in [5.74, 6) is 2.83. The van der Waals surface area contributed by atoms with E-state index in [4.69, 9.17) is 5.73 Å². The fraction of sp³-hybridized carbons (Fsp3) is 0.556. The standard InChI is InChI=1S/C18H26N6OS/c1-3-4-10-26-18-21-14(19)11-15(22-18)24-8-5-6-13(12-24)16(25)17-20-7-9-23(17)2/h7,9,11,13H,3-6,8,10,12H2,1-2H3,(H2,19,21,22)/t13-/m1/s1.